The molecule has 114 valence electrons. The maximum Gasteiger partial charge on any atom is 0.161 e. The lowest BCUT2D eigenvalue weighted by molar-refractivity contribution is 0.223. The maximum absolute atomic E-state index is 5.97. The molecule has 2 aliphatic rings. The Kier molecular flexibility index (Phi) is 3.45. The van der Waals surface area contributed by atoms with Crippen LogP contribution >= 0.6 is 11.8 Å². The summed E-state index contributed by atoms with van der Waals surface area (Å²) in [6.07, 6.45) is 2.96. The topological polar surface area (TPSA) is 41.6 Å². The van der Waals surface area contributed by atoms with Gasteiger partial charge in [0.1, 0.15) is 23.6 Å². The van der Waals surface area contributed by atoms with Crippen molar-refractivity contribution in [3.05, 3.63) is 53.7 Å². The molecule has 1 fully saturated rings. The fraction of sp³-hybridized carbons (Fsp3) is 0.412. The number of thioether (sulfide) groups is 1. The molecule has 4 rings (SSSR count). The van der Waals surface area contributed by atoms with Crippen molar-refractivity contribution in [3.8, 4) is 0 Å². The van der Waals surface area contributed by atoms with Crippen LogP contribution in [0, 0.1) is 6.92 Å². The molecule has 0 spiro atoms. The highest BCUT2D eigenvalue weighted by molar-refractivity contribution is 8.14. The second-order valence-corrected chi connectivity index (χ2v) is 6.77. The summed E-state index contributed by atoms with van der Waals surface area (Å²) in [5.41, 5.74) is 1.01. The van der Waals surface area contributed by atoms with Crippen molar-refractivity contribution in [1.82, 2.24) is 9.88 Å². The minimum atomic E-state index is 0.0172. The molecule has 0 aromatic carbocycles. The van der Waals surface area contributed by atoms with E-state index in [2.05, 4.69) is 28.9 Å². The smallest absolute Gasteiger partial charge is 0.161 e. The Morgan fingerprint density at radius 3 is 2.91 bits per heavy atom. The molecule has 4 heterocycles. The van der Waals surface area contributed by atoms with Crippen LogP contribution in [-0.2, 0) is 0 Å². The van der Waals surface area contributed by atoms with E-state index >= 15 is 0 Å². The molecular formula is C17H19N3OS. The second kappa shape index (κ2) is 5.47. The molecule has 22 heavy (non-hydrogen) atoms. The first-order chi connectivity index (χ1) is 10.8. The van der Waals surface area contributed by atoms with Crippen molar-refractivity contribution in [1.29, 1.82) is 0 Å². The van der Waals surface area contributed by atoms with Gasteiger partial charge >= 0.3 is 0 Å². The van der Waals surface area contributed by atoms with E-state index in [1.165, 1.54) is 0 Å². The van der Waals surface area contributed by atoms with E-state index in [0.29, 0.717) is 6.04 Å². The summed E-state index contributed by atoms with van der Waals surface area (Å²) < 4.78 is 5.97. The van der Waals surface area contributed by atoms with E-state index in [9.17, 15) is 0 Å². The molecule has 2 aromatic heterocycles. The molecule has 1 saturated heterocycles. The molecule has 5 heteroatoms. The number of hydrogen-bond acceptors (Lipinski definition) is 5. The van der Waals surface area contributed by atoms with Gasteiger partial charge in [-0.3, -0.25) is 4.98 Å². The molecule has 0 aliphatic carbocycles. The van der Waals surface area contributed by atoms with E-state index in [0.717, 1.165) is 34.6 Å². The molecule has 3 unspecified atom stereocenters. The molecule has 0 saturated carbocycles. The van der Waals surface area contributed by atoms with Gasteiger partial charge in [-0.1, -0.05) is 24.8 Å². The summed E-state index contributed by atoms with van der Waals surface area (Å²) in [5.74, 6) is 3.05. The second-order valence-electron chi connectivity index (χ2n) is 5.78. The van der Waals surface area contributed by atoms with Gasteiger partial charge in [0.2, 0.25) is 0 Å². The first-order valence-corrected chi connectivity index (χ1v) is 8.72. The summed E-state index contributed by atoms with van der Waals surface area (Å²) in [4.78, 5) is 12.0. The average molecular weight is 313 g/mol. The molecule has 3 atom stereocenters. The minimum absolute atomic E-state index is 0.0172. The van der Waals surface area contributed by atoms with Gasteiger partial charge in [-0.05, 0) is 37.6 Å². The third-order valence-electron chi connectivity index (χ3n) is 4.38. The number of rotatable bonds is 3. The monoisotopic (exact) mass is 313 g/mol. The number of furan rings is 1. The summed E-state index contributed by atoms with van der Waals surface area (Å²) in [6.45, 7) is 4.23. The molecule has 0 bridgehead atoms. The molecule has 2 aliphatic heterocycles. The van der Waals surface area contributed by atoms with Crippen LogP contribution in [0.4, 0.5) is 0 Å². The van der Waals surface area contributed by atoms with Crippen LogP contribution in [0.5, 0.6) is 0 Å². The van der Waals surface area contributed by atoms with E-state index in [1.54, 1.807) is 0 Å². The van der Waals surface area contributed by atoms with Gasteiger partial charge < -0.3 is 9.32 Å². The molecule has 2 aromatic rings. The fourth-order valence-corrected chi connectivity index (χ4v) is 4.61. The summed E-state index contributed by atoms with van der Waals surface area (Å²) in [7, 11) is 0. The summed E-state index contributed by atoms with van der Waals surface area (Å²) in [5, 5.41) is 1.14. The Hall–Kier alpha value is -1.75. The van der Waals surface area contributed by atoms with Gasteiger partial charge in [-0.25, -0.2) is 4.99 Å². The zero-order valence-electron chi connectivity index (χ0n) is 12.8. The van der Waals surface area contributed by atoms with Crippen LogP contribution < -0.4 is 0 Å². The Balaban J connectivity index is 1.78. The van der Waals surface area contributed by atoms with Gasteiger partial charge in [0.25, 0.3) is 0 Å². The standard InChI is InChI=1S/C17H19N3OS/c1-3-12-10-22-17-19-15(13-6-4-5-9-18-13)16(20(12)17)14-8-7-11(2)21-14/h4-9,12,15-16H,3,10H2,1-2H3. The van der Waals surface area contributed by atoms with E-state index in [-0.39, 0.29) is 12.1 Å². The lowest BCUT2D eigenvalue weighted by atomic mass is 10.0. The quantitative estimate of drug-likeness (QED) is 0.860. The molecule has 0 N–H and O–H groups in total. The highest BCUT2D eigenvalue weighted by Gasteiger charge is 2.46. The fourth-order valence-electron chi connectivity index (χ4n) is 3.27. The van der Waals surface area contributed by atoms with Crippen LogP contribution in [0.2, 0.25) is 0 Å². The number of aryl methyl sites for hydroxylation is 1. The number of fused-ring (bicyclic) bond motifs is 1. The first-order valence-electron chi connectivity index (χ1n) is 7.74. The number of hydrogen-bond donors (Lipinski definition) is 0. The molecule has 4 nitrogen and oxygen atoms in total. The van der Waals surface area contributed by atoms with Crippen molar-refractivity contribution >= 4 is 16.9 Å². The van der Waals surface area contributed by atoms with Gasteiger partial charge in [0.05, 0.1) is 5.69 Å². The van der Waals surface area contributed by atoms with E-state index in [1.807, 2.05) is 43.1 Å². The summed E-state index contributed by atoms with van der Waals surface area (Å²) in [6, 6.07) is 10.8. The lowest BCUT2D eigenvalue weighted by Gasteiger charge is -2.30. The van der Waals surface area contributed by atoms with Crippen molar-refractivity contribution in [2.45, 2.75) is 38.4 Å². The van der Waals surface area contributed by atoms with Gasteiger partial charge in [0.15, 0.2) is 5.17 Å². The number of aliphatic imine (C=N–C) groups is 1. The van der Waals surface area contributed by atoms with Crippen molar-refractivity contribution in [2.75, 3.05) is 5.75 Å². The van der Waals surface area contributed by atoms with E-state index < -0.39 is 0 Å². The Labute approximate surface area is 134 Å². The number of pyridine rings is 1. The third kappa shape index (κ3) is 2.15. The average Bonchev–Trinajstić information content (AvgIpc) is 3.22. The van der Waals surface area contributed by atoms with Gasteiger partial charge in [0, 0.05) is 18.0 Å². The third-order valence-corrected chi connectivity index (χ3v) is 5.51. The van der Waals surface area contributed by atoms with Crippen molar-refractivity contribution < 1.29 is 4.42 Å². The number of nitrogens with zero attached hydrogens (tertiary/aromatic N) is 3. The van der Waals surface area contributed by atoms with Crippen LogP contribution in [0.15, 0.2) is 45.9 Å². The molecule has 0 amide bonds. The maximum atomic E-state index is 5.97. The predicted octanol–water partition coefficient (Wildman–Crippen LogP) is 3.96. The Morgan fingerprint density at radius 2 is 2.23 bits per heavy atom. The van der Waals surface area contributed by atoms with Crippen LogP contribution in [0.3, 0.4) is 0 Å². The molecule has 0 radical (unpaired) electrons. The van der Waals surface area contributed by atoms with Gasteiger partial charge in [-0.15, -0.1) is 0 Å². The predicted molar refractivity (Wildman–Crippen MR) is 89.0 cm³/mol. The highest BCUT2D eigenvalue weighted by Crippen LogP contribution is 2.48. The van der Waals surface area contributed by atoms with Gasteiger partial charge in [-0.2, -0.15) is 0 Å². The zero-order chi connectivity index (χ0) is 15.1. The summed E-state index contributed by atoms with van der Waals surface area (Å²) >= 11 is 1.86. The Morgan fingerprint density at radius 1 is 1.32 bits per heavy atom. The largest absolute Gasteiger partial charge is 0.464 e. The molecular weight excluding hydrogens is 294 g/mol. The normalized spacial score (nSPS) is 27.1. The SMILES string of the molecule is CCC1CSC2=NC(c3ccccn3)C(c3ccc(C)o3)N21. The van der Waals surface area contributed by atoms with Crippen LogP contribution in [0.25, 0.3) is 0 Å². The minimum Gasteiger partial charge on any atom is -0.464 e. The lowest BCUT2D eigenvalue weighted by Crippen LogP contribution is -2.35. The van der Waals surface area contributed by atoms with Crippen LogP contribution in [0.1, 0.15) is 42.6 Å². The number of aromatic nitrogens is 1. The van der Waals surface area contributed by atoms with Crippen molar-refractivity contribution in [2.24, 2.45) is 4.99 Å². The van der Waals surface area contributed by atoms with Crippen molar-refractivity contribution in [3.63, 3.8) is 0 Å². The first kappa shape index (κ1) is 13.9. The zero-order valence-corrected chi connectivity index (χ0v) is 13.6. The van der Waals surface area contributed by atoms with E-state index in [4.69, 9.17) is 9.41 Å². The number of amidine groups is 1. The highest BCUT2D eigenvalue weighted by atomic mass is 32.2. The Bertz CT molecular complexity index is 697. The van der Waals surface area contributed by atoms with Crippen LogP contribution in [-0.4, -0.2) is 26.8 Å².